The van der Waals surface area contributed by atoms with Gasteiger partial charge in [0.05, 0.1) is 17.5 Å². The summed E-state index contributed by atoms with van der Waals surface area (Å²) in [6.07, 6.45) is 1.37. The monoisotopic (exact) mass is 508 g/mol. The van der Waals surface area contributed by atoms with Crippen molar-refractivity contribution in [1.29, 1.82) is 0 Å². The molecule has 10 heteroatoms. The van der Waals surface area contributed by atoms with E-state index in [9.17, 15) is 14.4 Å². The van der Waals surface area contributed by atoms with Gasteiger partial charge in [-0.1, -0.05) is 28.1 Å². The van der Waals surface area contributed by atoms with Crippen LogP contribution in [0.15, 0.2) is 76.3 Å². The van der Waals surface area contributed by atoms with Crippen molar-refractivity contribution in [3.05, 3.63) is 82.3 Å². The second-order valence-corrected chi connectivity index (χ2v) is 7.69. The average molecular weight is 509 g/mol. The summed E-state index contributed by atoms with van der Waals surface area (Å²) in [6, 6.07) is 18.5. The van der Waals surface area contributed by atoms with Crippen LogP contribution in [-0.2, 0) is 9.59 Å². The Bertz CT molecular complexity index is 1240. The fourth-order valence-corrected chi connectivity index (χ4v) is 3.17. The molecule has 0 saturated carbocycles. The number of halogens is 1. The predicted octanol–water partition coefficient (Wildman–Crippen LogP) is 3.52. The first-order chi connectivity index (χ1) is 16.0. The first-order valence-corrected chi connectivity index (χ1v) is 10.5. The van der Waals surface area contributed by atoms with Crippen LogP contribution in [-0.4, -0.2) is 30.7 Å². The minimum absolute atomic E-state index is 0.148. The lowest BCUT2D eigenvalue weighted by atomic mass is 10.1. The number of carbonyl (C=O) groups is 3. The number of rotatable bonds is 5. The second-order valence-electron chi connectivity index (χ2n) is 6.77. The molecule has 3 aromatic carbocycles. The number of anilines is 2. The Morgan fingerprint density at radius 3 is 2.45 bits per heavy atom. The number of benzene rings is 3. The van der Waals surface area contributed by atoms with Crippen molar-refractivity contribution < 1.29 is 23.9 Å². The molecular weight excluding hydrogens is 492 g/mol. The summed E-state index contributed by atoms with van der Waals surface area (Å²) in [7, 11) is 0. The standard InChI is InChI=1S/C23H17BrN4O5/c24-15-6-8-16(9-7-15)26-21(29)17-3-1-2-4-18(17)27-22(30)23(31)28-25-12-14-5-10-19-20(11-14)33-13-32-19/h1-12H,13H2,(H,26,29)(H,27,30)(H,28,31)/b25-12+. The lowest BCUT2D eigenvalue weighted by Crippen LogP contribution is -2.33. The van der Waals surface area contributed by atoms with Crippen LogP contribution in [0.1, 0.15) is 15.9 Å². The van der Waals surface area contributed by atoms with Crippen LogP contribution in [0.3, 0.4) is 0 Å². The Hall–Kier alpha value is -4.18. The molecule has 1 aliphatic rings. The highest BCUT2D eigenvalue weighted by Crippen LogP contribution is 2.32. The summed E-state index contributed by atoms with van der Waals surface area (Å²) in [5.74, 6) is -1.20. The number of ether oxygens (including phenoxy) is 2. The summed E-state index contributed by atoms with van der Waals surface area (Å²) in [5.41, 5.74) is 3.77. The highest BCUT2D eigenvalue weighted by Gasteiger charge is 2.18. The van der Waals surface area contributed by atoms with E-state index in [1.54, 1.807) is 60.7 Å². The number of hydrogen-bond donors (Lipinski definition) is 3. The molecule has 3 aromatic rings. The molecule has 3 amide bonds. The molecule has 0 unspecified atom stereocenters. The highest BCUT2D eigenvalue weighted by molar-refractivity contribution is 9.10. The Morgan fingerprint density at radius 2 is 1.64 bits per heavy atom. The molecule has 0 fully saturated rings. The summed E-state index contributed by atoms with van der Waals surface area (Å²) in [4.78, 5) is 37.1. The number of carbonyl (C=O) groups excluding carboxylic acids is 3. The summed E-state index contributed by atoms with van der Waals surface area (Å²) in [5, 5.41) is 8.97. The Morgan fingerprint density at radius 1 is 0.879 bits per heavy atom. The lowest BCUT2D eigenvalue weighted by molar-refractivity contribution is -0.136. The van der Waals surface area contributed by atoms with Crippen molar-refractivity contribution in [3.8, 4) is 11.5 Å². The first kappa shape index (κ1) is 22.0. The quantitative estimate of drug-likeness (QED) is 0.277. The van der Waals surface area contributed by atoms with Gasteiger partial charge in [0.1, 0.15) is 0 Å². The number of nitrogens with zero attached hydrogens (tertiary/aromatic N) is 1. The van der Waals surface area contributed by atoms with E-state index < -0.39 is 17.7 Å². The smallest absolute Gasteiger partial charge is 0.329 e. The van der Waals surface area contributed by atoms with Crippen molar-refractivity contribution >= 4 is 51.2 Å². The van der Waals surface area contributed by atoms with Gasteiger partial charge < -0.3 is 20.1 Å². The molecule has 0 radical (unpaired) electrons. The van der Waals surface area contributed by atoms with Gasteiger partial charge >= 0.3 is 11.8 Å². The van der Waals surface area contributed by atoms with Crippen molar-refractivity contribution in [1.82, 2.24) is 5.43 Å². The molecule has 0 atom stereocenters. The van der Waals surface area contributed by atoms with E-state index in [0.29, 0.717) is 22.7 Å². The third kappa shape index (κ3) is 5.55. The van der Waals surface area contributed by atoms with Crippen LogP contribution < -0.4 is 25.5 Å². The molecule has 9 nitrogen and oxygen atoms in total. The summed E-state index contributed by atoms with van der Waals surface area (Å²) in [6.45, 7) is 0.148. The van der Waals surface area contributed by atoms with Crippen LogP contribution in [0.5, 0.6) is 11.5 Å². The Balaban J connectivity index is 1.37. The predicted molar refractivity (Wildman–Crippen MR) is 125 cm³/mol. The van der Waals surface area contributed by atoms with Crippen LogP contribution >= 0.6 is 15.9 Å². The zero-order chi connectivity index (χ0) is 23.2. The van der Waals surface area contributed by atoms with Gasteiger partial charge in [0.25, 0.3) is 5.91 Å². The molecule has 1 aliphatic heterocycles. The van der Waals surface area contributed by atoms with E-state index in [1.165, 1.54) is 12.3 Å². The number of hydrazone groups is 1. The topological polar surface area (TPSA) is 118 Å². The molecule has 4 rings (SSSR count). The third-order valence-electron chi connectivity index (χ3n) is 4.50. The van der Waals surface area contributed by atoms with Crippen LogP contribution in [0.25, 0.3) is 0 Å². The number of fused-ring (bicyclic) bond motifs is 1. The number of hydrogen-bond acceptors (Lipinski definition) is 6. The van der Waals surface area contributed by atoms with Crippen molar-refractivity contribution in [2.45, 2.75) is 0 Å². The van der Waals surface area contributed by atoms with Gasteiger partial charge in [0, 0.05) is 10.2 Å². The highest BCUT2D eigenvalue weighted by atomic mass is 79.9. The molecule has 0 aromatic heterocycles. The molecule has 0 spiro atoms. The van der Waals surface area contributed by atoms with Gasteiger partial charge in [-0.15, -0.1) is 0 Å². The summed E-state index contributed by atoms with van der Waals surface area (Å²) < 4.78 is 11.4. The van der Waals surface area contributed by atoms with Gasteiger partial charge in [0.2, 0.25) is 6.79 Å². The zero-order valence-corrected chi connectivity index (χ0v) is 18.6. The molecule has 0 bridgehead atoms. The van der Waals surface area contributed by atoms with Crippen molar-refractivity contribution in [3.63, 3.8) is 0 Å². The number of nitrogens with one attached hydrogen (secondary N) is 3. The maximum absolute atomic E-state index is 12.7. The largest absolute Gasteiger partial charge is 0.454 e. The zero-order valence-electron chi connectivity index (χ0n) is 17.0. The van der Waals surface area contributed by atoms with E-state index in [2.05, 4.69) is 37.1 Å². The second kappa shape index (κ2) is 9.96. The SMILES string of the molecule is O=C(N/N=C/c1ccc2c(c1)OCO2)C(=O)Nc1ccccc1C(=O)Nc1ccc(Br)cc1. The molecule has 166 valence electrons. The van der Waals surface area contributed by atoms with Gasteiger partial charge in [-0.25, -0.2) is 5.43 Å². The van der Waals surface area contributed by atoms with Crippen LogP contribution in [0, 0.1) is 0 Å². The van der Waals surface area contributed by atoms with Crippen molar-refractivity contribution in [2.24, 2.45) is 5.10 Å². The molecule has 3 N–H and O–H groups in total. The van der Waals surface area contributed by atoms with Crippen LogP contribution in [0.2, 0.25) is 0 Å². The third-order valence-corrected chi connectivity index (χ3v) is 5.03. The van der Waals surface area contributed by atoms with E-state index in [-0.39, 0.29) is 18.0 Å². The van der Waals surface area contributed by atoms with Gasteiger partial charge in [-0.2, -0.15) is 5.10 Å². The first-order valence-electron chi connectivity index (χ1n) is 9.69. The van der Waals surface area contributed by atoms with E-state index in [0.717, 1.165) is 4.47 Å². The van der Waals surface area contributed by atoms with E-state index in [4.69, 9.17) is 9.47 Å². The van der Waals surface area contributed by atoms with E-state index in [1.807, 2.05) is 0 Å². The lowest BCUT2D eigenvalue weighted by Gasteiger charge is -2.11. The average Bonchev–Trinajstić information content (AvgIpc) is 3.29. The van der Waals surface area contributed by atoms with E-state index >= 15 is 0 Å². The molecule has 0 saturated heterocycles. The molecular formula is C23H17BrN4O5. The molecule has 33 heavy (non-hydrogen) atoms. The normalized spacial score (nSPS) is 11.8. The van der Waals surface area contributed by atoms with Crippen molar-refractivity contribution in [2.75, 3.05) is 17.4 Å². The maximum Gasteiger partial charge on any atom is 0.329 e. The Labute approximate surface area is 196 Å². The fourth-order valence-electron chi connectivity index (χ4n) is 2.91. The maximum atomic E-state index is 12.7. The van der Waals surface area contributed by atoms with Gasteiger partial charge in [-0.05, 0) is 60.2 Å². The number of para-hydroxylation sites is 1. The fraction of sp³-hybridized carbons (Fsp3) is 0.0435. The minimum atomic E-state index is -0.991. The number of amides is 3. The Kier molecular flexibility index (Phi) is 6.65. The molecule has 1 heterocycles. The van der Waals surface area contributed by atoms with Gasteiger partial charge in [0.15, 0.2) is 11.5 Å². The minimum Gasteiger partial charge on any atom is -0.454 e. The van der Waals surface area contributed by atoms with Crippen LogP contribution in [0.4, 0.5) is 11.4 Å². The molecule has 0 aliphatic carbocycles. The van der Waals surface area contributed by atoms with Gasteiger partial charge in [-0.3, -0.25) is 14.4 Å². The summed E-state index contributed by atoms with van der Waals surface area (Å²) >= 11 is 3.33.